The van der Waals surface area contributed by atoms with E-state index in [-0.39, 0.29) is 18.4 Å². The Balaban J connectivity index is 1.67. The molecule has 0 aromatic heterocycles. The Morgan fingerprint density at radius 3 is 2.52 bits per heavy atom. The van der Waals surface area contributed by atoms with E-state index in [2.05, 4.69) is 16.0 Å². The molecule has 0 spiro atoms. The van der Waals surface area contributed by atoms with Crippen LogP contribution in [0.15, 0.2) is 24.3 Å². The molecule has 2 fully saturated rings. The van der Waals surface area contributed by atoms with E-state index in [9.17, 15) is 18.4 Å². The van der Waals surface area contributed by atoms with Gasteiger partial charge in [-0.15, -0.1) is 0 Å². The van der Waals surface area contributed by atoms with Crippen LogP contribution in [0.2, 0.25) is 0 Å². The maximum Gasteiger partial charge on any atom is 0.267 e. The molecule has 5 nitrogen and oxygen atoms in total. The van der Waals surface area contributed by atoms with Gasteiger partial charge in [0.15, 0.2) is 0 Å². The summed E-state index contributed by atoms with van der Waals surface area (Å²) >= 11 is 0. The molecule has 0 radical (unpaired) electrons. The fraction of sp³-hybridized carbons (Fsp3) is 0.500. The zero-order chi connectivity index (χ0) is 16.4. The number of hydrogen-bond acceptors (Lipinski definition) is 4. The summed E-state index contributed by atoms with van der Waals surface area (Å²) in [6, 6.07) is 6.30. The first-order chi connectivity index (χ1) is 11.0. The number of rotatable bonds is 3. The lowest BCUT2D eigenvalue weighted by Crippen LogP contribution is -2.47. The standard InChI is InChI=1S/C16H19F2N3O2/c17-16(18)9-19-8-7-12(16)10-1-3-11(4-2-10)20-13-5-6-14(22)21-15(13)23/h1-4,12-13,19-20H,5-9H2,(H,21,22,23). The average Bonchev–Trinajstić information content (AvgIpc) is 2.51. The van der Waals surface area contributed by atoms with Gasteiger partial charge in [0.05, 0.1) is 12.5 Å². The van der Waals surface area contributed by atoms with Crippen molar-refractivity contribution in [1.82, 2.24) is 10.6 Å². The fourth-order valence-corrected chi connectivity index (χ4v) is 3.09. The van der Waals surface area contributed by atoms with Crippen molar-refractivity contribution in [2.75, 3.05) is 18.4 Å². The highest BCUT2D eigenvalue weighted by molar-refractivity contribution is 6.01. The molecule has 2 saturated heterocycles. The van der Waals surface area contributed by atoms with Crippen molar-refractivity contribution in [3.63, 3.8) is 0 Å². The van der Waals surface area contributed by atoms with Crippen molar-refractivity contribution >= 4 is 17.5 Å². The Morgan fingerprint density at radius 1 is 1.13 bits per heavy atom. The molecule has 2 heterocycles. The van der Waals surface area contributed by atoms with Gasteiger partial charge in [-0.25, -0.2) is 8.78 Å². The summed E-state index contributed by atoms with van der Waals surface area (Å²) in [6.07, 6.45) is 1.12. The summed E-state index contributed by atoms with van der Waals surface area (Å²) in [4.78, 5) is 22.8. The molecular formula is C16H19F2N3O2. The van der Waals surface area contributed by atoms with Crippen molar-refractivity contribution in [2.24, 2.45) is 0 Å². The minimum absolute atomic E-state index is 0.267. The number of nitrogens with one attached hydrogen (secondary N) is 3. The lowest BCUT2D eigenvalue weighted by Gasteiger charge is -2.32. The Hall–Kier alpha value is -2.02. The third kappa shape index (κ3) is 3.50. The molecule has 3 rings (SSSR count). The smallest absolute Gasteiger partial charge is 0.267 e. The number of piperidine rings is 2. The quantitative estimate of drug-likeness (QED) is 0.739. The molecular weight excluding hydrogens is 304 g/mol. The number of hydrogen-bond donors (Lipinski definition) is 3. The van der Waals surface area contributed by atoms with E-state index in [1.54, 1.807) is 24.3 Å². The summed E-state index contributed by atoms with van der Waals surface area (Å²) in [6.45, 7) is 0.282. The minimum atomic E-state index is -2.75. The van der Waals surface area contributed by atoms with E-state index in [0.717, 1.165) is 0 Å². The predicted octanol–water partition coefficient (Wildman–Crippen LogP) is 1.62. The SMILES string of the molecule is O=C1CCC(Nc2ccc(C3CCNCC3(F)F)cc2)C(=O)N1. The van der Waals surface area contributed by atoms with Crippen LogP contribution < -0.4 is 16.0 Å². The molecule has 7 heteroatoms. The maximum atomic E-state index is 14.0. The zero-order valence-electron chi connectivity index (χ0n) is 12.6. The first-order valence-corrected chi connectivity index (χ1v) is 7.74. The van der Waals surface area contributed by atoms with Crippen LogP contribution in [0, 0.1) is 0 Å². The van der Waals surface area contributed by atoms with Crippen LogP contribution in [0.1, 0.15) is 30.7 Å². The number of imide groups is 1. The van der Waals surface area contributed by atoms with Crippen LogP contribution in [0.4, 0.5) is 14.5 Å². The summed E-state index contributed by atoms with van der Waals surface area (Å²) in [5.41, 5.74) is 1.28. The van der Waals surface area contributed by atoms with Crippen molar-refractivity contribution < 1.29 is 18.4 Å². The molecule has 2 amide bonds. The van der Waals surface area contributed by atoms with Crippen LogP contribution in [0.3, 0.4) is 0 Å². The number of halogens is 2. The number of benzene rings is 1. The van der Waals surface area contributed by atoms with Crippen molar-refractivity contribution in [3.05, 3.63) is 29.8 Å². The zero-order valence-corrected chi connectivity index (χ0v) is 12.6. The molecule has 3 N–H and O–H groups in total. The van der Waals surface area contributed by atoms with Crippen LogP contribution in [-0.4, -0.2) is 36.9 Å². The molecule has 2 atom stereocenters. The summed E-state index contributed by atoms with van der Waals surface area (Å²) in [5, 5.41) is 8.03. The summed E-state index contributed by atoms with van der Waals surface area (Å²) < 4.78 is 27.9. The lowest BCUT2D eigenvalue weighted by molar-refractivity contribution is -0.133. The molecule has 1 aromatic rings. The maximum absolute atomic E-state index is 14.0. The Kier molecular flexibility index (Phi) is 4.30. The third-order valence-electron chi connectivity index (χ3n) is 4.37. The molecule has 23 heavy (non-hydrogen) atoms. The summed E-state index contributed by atoms with van der Waals surface area (Å²) in [5.74, 6) is -4.16. The van der Waals surface area contributed by atoms with Gasteiger partial charge in [-0.05, 0) is 37.1 Å². The molecule has 124 valence electrons. The van der Waals surface area contributed by atoms with Gasteiger partial charge in [0.2, 0.25) is 11.8 Å². The first-order valence-electron chi connectivity index (χ1n) is 7.74. The average molecular weight is 323 g/mol. The van der Waals surface area contributed by atoms with Gasteiger partial charge in [-0.1, -0.05) is 12.1 Å². The molecule has 2 aliphatic rings. The second-order valence-corrected chi connectivity index (χ2v) is 6.05. The number of carbonyl (C=O) groups is 2. The Morgan fingerprint density at radius 2 is 1.87 bits per heavy atom. The highest BCUT2D eigenvalue weighted by Crippen LogP contribution is 2.38. The molecule has 2 aliphatic heterocycles. The second kappa shape index (κ2) is 6.23. The molecule has 1 aromatic carbocycles. The van der Waals surface area contributed by atoms with Crippen LogP contribution >= 0.6 is 0 Å². The highest BCUT2D eigenvalue weighted by atomic mass is 19.3. The topological polar surface area (TPSA) is 70.2 Å². The first kappa shape index (κ1) is 15.9. The van der Waals surface area contributed by atoms with Gasteiger partial charge < -0.3 is 10.6 Å². The number of alkyl halides is 2. The van der Waals surface area contributed by atoms with Gasteiger partial charge in [0.1, 0.15) is 6.04 Å². The van der Waals surface area contributed by atoms with Crippen molar-refractivity contribution in [3.8, 4) is 0 Å². The predicted molar refractivity (Wildman–Crippen MR) is 81.4 cm³/mol. The van der Waals surface area contributed by atoms with Crippen LogP contribution in [0.25, 0.3) is 0 Å². The second-order valence-electron chi connectivity index (χ2n) is 6.05. The number of carbonyl (C=O) groups excluding carboxylic acids is 2. The normalized spacial score (nSPS) is 27.4. The largest absolute Gasteiger partial charge is 0.374 e. The Bertz CT molecular complexity index is 604. The minimum Gasteiger partial charge on any atom is -0.374 e. The third-order valence-corrected chi connectivity index (χ3v) is 4.37. The number of anilines is 1. The highest BCUT2D eigenvalue weighted by Gasteiger charge is 2.42. The van der Waals surface area contributed by atoms with E-state index in [4.69, 9.17) is 0 Å². The van der Waals surface area contributed by atoms with Crippen molar-refractivity contribution in [2.45, 2.75) is 37.1 Å². The van der Waals surface area contributed by atoms with Crippen LogP contribution in [-0.2, 0) is 9.59 Å². The van der Waals surface area contributed by atoms with Gasteiger partial charge in [0.25, 0.3) is 5.92 Å². The van der Waals surface area contributed by atoms with E-state index in [0.29, 0.717) is 37.1 Å². The molecule has 0 bridgehead atoms. The van der Waals surface area contributed by atoms with E-state index >= 15 is 0 Å². The number of amides is 2. The van der Waals surface area contributed by atoms with Gasteiger partial charge in [0, 0.05) is 12.1 Å². The van der Waals surface area contributed by atoms with Gasteiger partial charge >= 0.3 is 0 Å². The van der Waals surface area contributed by atoms with E-state index in [1.165, 1.54) is 0 Å². The van der Waals surface area contributed by atoms with Gasteiger partial charge in [-0.2, -0.15) is 0 Å². The molecule has 0 saturated carbocycles. The van der Waals surface area contributed by atoms with Crippen LogP contribution in [0.5, 0.6) is 0 Å². The molecule has 0 aliphatic carbocycles. The van der Waals surface area contributed by atoms with E-state index in [1.807, 2.05) is 0 Å². The van der Waals surface area contributed by atoms with Crippen molar-refractivity contribution in [1.29, 1.82) is 0 Å². The lowest BCUT2D eigenvalue weighted by atomic mass is 9.87. The monoisotopic (exact) mass is 323 g/mol. The van der Waals surface area contributed by atoms with Gasteiger partial charge in [-0.3, -0.25) is 14.9 Å². The molecule has 2 unspecified atom stereocenters. The summed E-state index contributed by atoms with van der Waals surface area (Å²) in [7, 11) is 0. The Labute approximate surface area is 132 Å². The fourth-order valence-electron chi connectivity index (χ4n) is 3.09. The van der Waals surface area contributed by atoms with E-state index < -0.39 is 17.9 Å².